The van der Waals surface area contributed by atoms with Crippen LogP contribution in [-0.2, 0) is 0 Å². The molecular weight excluding hydrogens is 274 g/mol. The van der Waals surface area contributed by atoms with Crippen LogP contribution in [-0.4, -0.2) is 20.9 Å². The van der Waals surface area contributed by atoms with Crippen molar-refractivity contribution in [3.05, 3.63) is 35.4 Å². The van der Waals surface area contributed by atoms with E-state index >= 15 is 0 Å². The first-order chi connectivity index (χ1) is 9.52. The lowest BCUT2D eigenvalue weighted by Crippen LogP contribution is -2.10. The second-order valence-electron chi connectivity index (χ2n) is 5.15. The van der Waals surface area contributed by atoms with Crippen molar-refractivity contribution in [1.82, 2.24) is 14.8 Å². The Bertz CT molecular complexity index is 580. The number of benzene rings is 1. The van der Waals surface area contributed by atoms with Gasteiger partial charge in [-0.3, -0.25) is 4.57 Å². The maximum absolute atomic E-state index is 6.16. The van der Waals surface area contributed by atoms with Crippen molar-refractivity contribution in [2.24, 2.45) is 0 Å². The summed E-state index contributed by atoms with van der Waals surface area (Å²) in [5.41, 5.74) is 0.921. The standard InChI is InChI=1S/C15H20ClN3O/c1-5-11(4)20-13-8-6-7-12(9-13)19-14(10(2)3)17-18-15(19)16/h6-11H,5H2,1-4H3. The molecule has 0 radical (unpaired) electrons. The first-order valence-electron chi connectivity index (χ1n) is 6.90. The first kappa shape index (κ1) is 14.9. The summed E-state index contributed by atoms with van der Waals surface area (Å²) in [5, 5.41) is 8.47. The van der Waals surface area contributed by atoms with E-state index in [1.54, 1.807) is 0 Å². The quantitative estimate of drug-likeness (QED) is 0.828. The van der Waals surface area contributed by atoms with E-state index in [2.05, 4.69) is 37.9 Å². The molecule has 20 heavy (non-hydrogen) atoms. The van der Waals surface area contributed by atoms with Crippen molar-refractivity contribution >= 4 is 11.6 Å². The Labute approximate surface area is 124 Å². The summed E-state index contributed by atoms with van der Waals surface area (Å²) in [6.07, 6.45) is 1.15. The van der Waals surface area contributed by atoms with Gasteiger partial charge in [-0.1, -0.05) is 26.8 Å². The summed E-state index contributed by atoms with van der Waals surface area (Å²) in [5.74, 6) is 1.92. The molecule has 4 nitrogen and oxygen atoms in total. The molecule has 0 saturated carbocycles. The second kappa shape index (κ2) is 6.27. The SMILES string of the molecule is CCC(C)Oc1cccc(-n2c(Cl)nnc2C(C)C)c1. The Hall–Kier alpha value is -1.55. The maximum atomic E-state index is 6.16. The van der Waals surface area contributed by atoms with Crippen LogP contribution < -0.4 is 4.74 Å². The van der Waals surface area contributed by atoms with E-state index in [0.717, 1.165) is 23.7 Å². The molecule has 2 rings (SSSR count). The third kappa shape index (κ3) is 3.12. The summed E-state index contributed by atoms with van der Waals surface area (Å²) in [6, 6.07) is 7.84. The van der Waals surface area contributed by atoms with Gasteiger partial charge in [0.15, 0.2) is 0 Å². The Morgan fingerprint density at radius 2 is 2.00 bits per heavy atom. The number of hydrogen-bond acceptors (Lipinski definition) is 3. The van der Waals surface area contributed by atoms with Gasteiger partial charge in [0.1, 0.15) is 11.6 Å². The van der Waals surface area contributed by atoms with Crippen molar-refractivity contribution in [2.75, 3.05) is 0 Å². The highest BCUT2D eigenvalue weighted by Crippen LogP contribution is 2.25. The minimum absolute atomic E-state index is 0.186. The number of nitrogens with zero attached hydrogens (tertiary/aromatic N) is 3. The average Bonchev–Trinajstić information content (AvgIpc) is 2.81. The molecule has 0 fully saturated rings. The van der Waals surface area contributed by atoms with E-state index in [4.69, 9.17) is 16.3 Å². The Balaban J connectivity index is 2.38. The lowest BCUT2D eigenvalue weighted by Gasteiger charge is -2.15. The van der Waals surface area contributed by atoms with Crippen molar-refractivity contribution in [2.45, 2.75) is 46.1 Å². The zero-order valence-corrected chi connectivity index (χ0v) is 13.1. The van der Waals surface area contributed by atoms with Crippen LogP contribution in [0.4, 0.5) is 0 Å². The fourth-order valence-electron chi connectivity index (χ4n) is 1.90. The molecule has 0 aliphatic heterocycles. The number of halogens is 1. The lowest BCUT2D eigenvalue weighted by molar-refractivity contribution is 0.217. The zero-order chi connectivity index (χ0) is 14.7. The van der Waals surface area contributed by atoms with Gasteiger partial charge in [-0.15, -0.1) is 10.2 Å². The minimum Gasteiger partial charge on any atom is -0.491 e. The molecule has 5 heteroatoms. The van der Waals surface area contributed by atoms with Crippen LogP contribution in [0, 0.1) is 0 Å². The Morgan fingerprint density at radius 1 is 1.25 bits per heavy atom. The van der Waals surface area contributed by atoms with E-state index in [1.807, 2.05) is 28.8 Å². The highest BCUT2D eigenvalue weighted by atomic mass is 35.5. The molecule has 0 aliphatic rings. The zero-order valence-electron chi connectivity index (χ0n) is 12.3. The first-order valence-corrected chi connectivity index (χ1v) is 7.28. The Morgan fingerprint density at radius 3 is 2.65 bits per heavy atom. The van der Waals surface area contributed by atoms with Gasteiger partial charge < -0.3 is 4.74 Å². The predicted molar refractivity (Wildman–Crippen MR) is 80.8 cm³/mol. The second-order valence-corrected chi connectivity index (χ2v) is 5.49. The normalized spacial score (nSPS) is 12.7. The van der Waals surface area contributed by atoms with Gasteiger partial charge in [0.05, 0.1) is 11.8 Å². The molecule has 1 atom stereocenters. The fourth-order valence-corrected chi connectivity index (χ4v) is 2.12. The molecule has 0 bridgehead atoms. The third-order valence-electron chi connectivity index (χ3n) is 3.15. The molecule has 1 aromatic carbocycles. The van der Waals surface area contributed by atoms with Crippen molar-refractivity contribution in [3.8, 4) is 11.4 Å². The molecule has 108 valence electrons. The average molecular weight is 294 g/mol. The maximum Gasteiger partial charge on any atom is 0.229 e. The molecule has 0 aliphatic carbocycles. The van der Waals surface area contributed by atoms with Crippen molar-refractivity contribution < 1.29 is 4.74 Å². The highest BCUT2D eigenvalue weighted by Gasteiger charge is 2.15. The van der Waals surface area contributed by atoms with Crippen molar-refractivity contribution in [1.29, 1.82) is 0 Å². The fraction of sp³-hybridized carbons (Fsp3) is 0.467. The topological polar surface area (TPSA) is 39.9 Å². The van der Waals surface area contributed by atoms with Gasteiger partial charge >= 0.3 is 0 Å². The van der Waals surface area contributed by atoms with Gasteiger partial charge in [-0.2, -0.15) is 0 Å². The molecule has 0 amide bonds. The molecule has 1 unspecified atom stereocenters. The molecule has 2 aromatic rings. The Kier molecular flexibility index (Phi) is 4.65. The summed E-state index contributed by atoms with van der Waals surface area (Å²) < 4.78 is 7.70. The lowest BCUT2D eigenvalue weighted by atomic mass is 10.2. The van der Waals surface area contributed by atoms with E-state index in [1.165, 1.54) is 0 Å². The predicted octanol–water partition coefficient (Wildman–Crippen LogP) is 4.22. The van der Waals surface area contributed by atoms with Crippen LogP contribution in [0.25, 0.3) is 5.69 Å². The number of rotatable bonds is 5. The van der Waals surface area contributed by atoms with E-state index in [0.29, 0.717) is 5.28 Å². The van der Waals surface area contributed by atoms with Gasteiger partial charge in [0, 0.05) is 12.0 Å². The molecule has 0 saturated heterocycles. The van der Waals surface area contributed by atoms with Crippen LogP contribution in [0.1, 0.15) is 45.9 Å². The number of ether oxygens (including phenoxy) is 1. The summed E-state index contributed by atoms with van der Waals surface area (Å²) >= 11 is 6.16. The van der Waals surface area contributed by atoms with E-state index in [9.17, 15) is 0 Å². The van der Waals surface area contributed by atoms with Gasteiger partial charge in [-0.25, -0.2) is 0 Å². The highest BCUT2D eigenvalue weighted by molar-refractivity contribution is 6.28. The van der Waals surface area contributed by atoms with E-state index < -0.39 is 0 Å². The van der Waals surface area contributed by atoms with Gasteiger partial charge in [-0.05, 0) is 37.1 Å². The molecular formula is C15H20ClN3O. The van der Waals surface area contributed by atoms with Crippen LogP contribution >= 0.6 is 11.6 Å². The molecule has 1 aromatic heterocycles. The van der Waals surface area contributed by atoms with E-state index in [-0.39, 0.29) is 12.0 Å². The number of hydrogen-bond donors (Lipinski definition) is 0. The van der Waals surface area contributed by atoms with Crippen molar-refractivity contribution in [3.63, 3.8) is 0 Å². The van der Waals surface area contributed by atoms with Gasteiger partial charge in [0.2, 0.25) is 5.28 Å². The van der Waals surface area contributed by atoms with Gasteiger partial charge in [0.25, 0.3) is 0 Å². The monoisotopic (exact) mass is 293 g/mol. The largest absolute Gasteiger partial charge is 0.491 e. The summed E-state index contributed by atoms with van der Waals surface area (Å²) in [4.78, 5) is 0. The van der Waals surface area contributed by atoms with Crippen LogP contribution in [0.15, 0.2) is 24.3 Å². The third-order valence-corrected chi connectivity index (χ3v) is 3.40. The molecule has 0 spiro atoms. The smallest absolute Gasteiger partial charge is 0.229 e. The minimum atomic E-state index is 0.186. The van der Waals surface area contributed by atoms with Crippen LogP contribution in [0.3, 0.4) is 0 Å². The van der Waals surface area contributed by atoms with Crippen LogP contribution in [0.5, 0.6) is 5.75 Å². The summed E-state index contributed by atoms with van der Waals surface area (Å²) in [6.45, 7) is 8.28. The molecule has 0 N–H and O–H groups in total. The summed E-state index contributed by atoms with van der Waals surface area (Å²) in [7, 11) is 0. The number of aromatic nitrogens is 3. The molecule has 1 heterocycles. The van der Waals surface area contributed by atoms with Crippen LogP contribution in [0.2, 0.25) is 5.28 Å².